The van der Waals surface area contributed by atoms with Gasteiger partial charge in [-0.3, -0.25) is 4.79 Å². The summed E-state index contributed by atoms with van der Waals surface area (Å²) in [5, 5.41) is -1.08. The van der Waals surface area contributed by atoms with Crippen molar-refractivity contribution < 1.29 is 14.3 Å². The van der Waals surface area contributed by atoms with E-state index in [4.69, 9.17) is 21.1 Å². The maximum atomic E-state index is 11.9. The predicted octanol–water partition coefficient (Wildman–Crippen LogP) is 2.49. The average Bonchev–Trinajstić information content (AvgIpc) is 2.30. The highest BCUT2D eigenvalue weighted by Crippen LogP contribution is 2.23. The number of hydrogen-bond acceptors (Lipinski definition) is 3. The number of rotatable bonds is 6. The molecule has 0 fully saturated rings. The molecule has 4 heteroatoms. The van der Waals surface area contributed by atoms with Gasteiger partial charge in [-0.05, 0) is 0 Å². The van der Waals surface area contributed by atoms with Gasteiger partial charge in [-0.2, -0.15) is 0 Å². The quantitative estimate of drug-likeness (QED) is 0.568. The molecule has 0 amide bonds. The first-order valence-electron chi connectivity index (χ1n) is 4.92. The molecule has 0 bridgehead atoms. The van der Waals surface area contributed by atoms with Crippen molar-refractivity contribution >= 4 is 17.4 Å². The Morgan fingerprint density at radius 2 is 1.94 bits per heavy atom. The molecule has 3 nitrogen and oxygen atoms in total. The van der Waals surface area contributed by atoms with Crippen molar-refractivity contribution in [1.82, 2.24) is 0 Å². The van der Waals surface area contributed by atoms with E-state index in [9.17, 15) is 4.79 Å². The van der Waals surface area contributed by atoms with E-state index in [0.717, 1.165) is 0 Å². The van der Waals surface area contributed by atoms with Crippen LogP contribution in [0.1, 0.15) is 16.8 Å². The summed E-state index contributed by atoms with van der Waals surface area (Å²) in [6, 6.07) is 8.99. The lowest BCUT2D eigenvalue weighted by atomic mass is 10.1. The topological polar surface area (TPSA) is 35.5 Å². The van der Waals surface area contributed by atoms with Gasteiger partial charge in [0.1, 0.15) is 0 Å². The number of ketones is 1. The Morgan fingerprint density at radius 1 is 1.31 bits per heavy atom. The first-order valence-corrected chi connectivity index (χ1v) is 5.30. The minimum absolute atomic E-state index is 0.0606. The number of benzene rings is 1. The van der Waals surface area contributed by atoms with Crippen LogP contribution in [0.25, 0.3) is 0 Å². The number of carbonyl (C=O) groups excluding carboxylic acids is 1. The van der Waals surface area contributed by atoms with E-state index < -0.39 is 5.06 Å². The van der Waals surface area contributed by atoms with Gasteiger partial charge in [0.25, 0.3) is 0 Å². The largest absolute Gasteiger partial charge is 0.380 e. The molecule has 0 N–H and O–H groups in total. The first kappa shape index (κ1) is 13.2. The Hall–Kier alpha value is -0.900. The van der Waals surface area contributed by atoms with Gasteiger partial charge in [-0.15, -0.1) is 0 Å². The monoisotopic (exact) mass is 242 g/mol. The maximum absolute atomic E-state index is 11.9. The minimum atomic E-state index is -1.08. The van der Waals surface area contributed by atoms with E-state index in [2.05, 4.69) is 0 Å². The fraction of sp³-hybridized carbons (Fsp3) is 0.417. The van der Waals surface area contributed by atoms with Crippen LogP contribution in [0.3, 0.4) is 0 Å². The molecule has 1 unspecified atom stereocenters. The van der Waals surface area contributed by atoms with Crippen molar-refractivity contribution in [1.29, 1.82) is 0 Å². The zero-order valence-electron chi connectivity index (χ0n) is 9.40. The van der Waals surface area contributed by atoms with E-state index in [-0.39, 0.29) is 18.8 Å². The summed E-state index contributed by atoms with van der Waals surface area (Å²) in [6.07, 6.45) is 0.0862. The van der Waals surface area contributed by atoms with Gasteiger partial charge >= 0.3 is 0 Å². The number of ether oxygens (including phenoxy) is 2. The third-order valence-corrected chi connectivity index (χ3v) is 2.64. The molecule has 1 aromatic rings. The third kappa shape index (κ3) is 3.59. The molecule has 1 atom stereocenters. The fourth-order valence-corrected chi connectivity index (χ4v) is 1.59. The third-order valence-electron chi connectivity index (χ3n) is 2.25. The van der Waals surface area contributed by atoms with Crippen molar-refractivity contribution in [3.05, 3.63) is 35.9 Å². The van der Waals surface area contributed by atoms with Crippen molar-refractivity contribution in [3.63, 3.8) is 0 Å². The molecule has 1 aromatic carbocycles. The second-order valence-electron chi connectivity index (χ2n) is 3.49. The van der Waals surface area contributed by atoms with Crippen LogP contribution in [0.4, 0.5) is 0 Å². The predicted molar refractivity (Wildman–Crippen MR) is 62.9 cm³/mol. The van der Waals surface area contributed by atoms with E-state index in [1.807, 2.05) is 18.2 Å². The van der Waals surface area contributed by atoms with Gasteiger partial charge in [0.2, 0.25) is 0 Å². The summed E-state index contributed by atoms with van der Waals surface area (Å²) < 4.78 is 10.0. The summed E-state index contributed by atoms with van der Waals surface area (Å²) in [5.74, 6) is -0.0606. The molecule has 1 rings (SSSR count). The Labute approximate surface area is 100 Å². The number of Topliss-reactive ketones (excluding diaryl/α,β-unsaturated/α-hetero) is 1. The minimum Gasteiger partial charge on any atom is -0.380 e. The Balaban J connectivity index is 2.70. The van der Waals surface area contributed by atoms with Crippen LogP contribution in [0, 0.1) is 0 Å². The van der Waals surface area contributed by atoms with Crippen LogP contribution in [-0.4, -0.2) is 31.7 Å². The standard InChI is InChI=1S/C12H15ClO3/c1-15-9-12(13,16-2)8-11(14)10-6-4-3-5-7-10/h3-7H,8-9H2,1-2H3. The zero-order valence-corrected chi connectivity index (χ0v) is 10.2. The van der Waals surface area contributed by atoms with E-state index in [1.54, 1.807) is 12.1 Å². The molecule has 0 saturated heterocycles. The Bertz CT molecular complexity index is 339. The lowest BCUT2D eigenvalue weighted by Crippen LogP contribution is -2.32. The Kier molecular flexibility index (Phi) is 4.93. The second-order valence-corrected chi connectivity index (χ2v) is 4.18. The van der Waals surface area contributed by atoms with Crippen LogP contribution >= 0.6 is 11.6 Å². The summed E-state index contributed by atoms with van der Waals surface area (Å²) >= 11 is 6.10. The molecule has 0 aliphatic heterocycles. The summed E-state index contributed by atoms with van der Waals surface area (Å²) in [7, 11) is 2.98. The zero-order chi connectivity index (χ0) is 12.0. The number of carbonyl (C=O) groups is 1. The van der Waals surface area contributed by atoms with Gasteiger partial charge in [-0.1, -0.05) is 41.9 Å². The van der Waals surface area contributed by atoms with Crippen molar-refractivity contribution in [2.75, 3.05) is 20.8 Å². The van der Waals surface area contributed by atoms with Crippen molar-refractivity contribution in [3.8, 4) is 0 Å². The molecular formula is C12H15ClO3. The van der Waals surface area contributed by atoms with Gasteiger partial charge < -0.3 is 9.47 Å². The molecule has 0 aliphatic carbocycles. The van der Waals surface area contributed by atoms with Gasteiger partial charge in [-0.25, -0.2) is 0 Å². The summed E-state index contributed by atoms with van der Waals surface area (Å²) in [5.41, 5.74) is 0.626. The normalized spacial score (nSPS) is 14.4. The van der Waals surface area contributed by atoms with Gasteiger partial charge in [0.15, 0.2) is 10.8 Å². The lowest BCUT2D eigenvalue weighted by Gasteiger charge is -2.23. The molecule has 0 heterocycles. The fourth-order valence-electron chi connectivity index (χ4n) is 1.36. The smallest absolute Gasteiger partial charge is 0.171 e. The molecular weight excluding hydrogens is 228 g/mol. The number of halogens is 1. The maximum Gasteiger partial charge on any atom is 0.171 e. The molecule has 0 aliphatic rings. The SMILES string of the molecule is COCC(Cl)(CC(=O)c1ccccc1)OC. The molecule has 88 valence electrons. The average molecular weight is 243 g/mol. The number of alkyl halides is 1. The highest BCUT2D eigenvalue weighted by Gasteiger charge is 2.30. The van der Waals surface area contributed by atoms with Gasteiger partial charge in [0.05, 0.1) is 13.0 Å². The molecule has 16 heavy (non-hydrogen) atoms. The van der Waals surface area contributed by atoms with E-state index in [0.29, 0.717) is 5.56 Å². The van der Waals surface area contributed by atoms with Crippen LogP contribution in [0.5, 0.6) is 0 Å². The molecule has 0 saturated carbocycles. The van der Waals surface area contributed by atoms with Gasteiger partial charge in [0, 0.05) is 19.8 Å². The number of methoxy groups -OCH3 is 2. The van der Waals surface area contributed by atoms with E-state index >= 15 is 0 Å². The first-order chi connectivity index (χ1) is 7.61. The van der Waals surface area contributed by atoms with Crippen LogP contribution in [0.2, 0.25) is 0 Å². The summed E-state index contributed by atoms with van der Waals surface area (Å²) in [4.78, 5) is 11.9. The summed E-state index contributed by atoms with van der Waals surface area (Å²) in [6.45, 7) is 0.170. The molecule has 0 spiro atoms. The second kappa shape index (κ2) is 5.99. The number of hydrogen-bond donors (Lipinski definition) is 0. The Morgan fingerprint density at radius 3 is 2.44 bits per heavy atom. The lowest BCUT2D eigenvalue weighted by molar-refractivity contribution is -0.00543. The highest BCUT2D eigenvalue weighted by molar-refractivity contribution is 6.24. The van der Waals surface area contributed by atoms with Crippen molar-refractivity contribution in [2.45, 2.75) is 11.5 Å². The van der Waals surface area contributed by atoms with Crippen molar-refractivity contribution in [2.24, 2.45) is 0 Å². The van der Waals surface area contributed by atoms with Crippen LogP contribution in [0.15, 0.2) is 30.3 Å². The molecule has 0 radical (unpaired) electrons. The highest BCUT2D eigenvalue weighted by atomic mass is 35.5. The van der Waals surface area contributed by atoms with Crippen LogP contribution in [-0.2, 0) is 9.47 Å². The van der Waals surface area contributed by atoms with Crippen LogP contribution < -0.4 is 0 Å². The molecule has 0 aromatic heterocycles. The van der Waals surface area contributed by atoms with E-state index in [1.165, 1.54) is 14.2 Å².